The number of fused-ring (bicyclic) bond motifs is 1. The molecule has 3 atom stereocenters. The molecule has 88 valence electrons. The molecule has 0 N–H and O–H groups in total. The fourth-order valence-electron chi connectivity index (χ4n) is 3.22. The minimum absolute atomic E-state index is 0.180. The Balaban J connectivity index is 2.10. The Hall–Kier alpha value is -0.250. The Morgan fingerprint density at radius 2 is 1.73 bits per heavy atom. The second-order valence-corrected chi connectivity index (χ2v) is 4.92. The van der Waals surface area contributed by atoms with E-state index in [4.69, 9.17) is 0 Å². The highest BCUT2D eigenvalue weighted by Gasteiger charge is 2.51. The first-order valence-corrected chi connectivity index (χ1v) is 5.79. The highest BCUT2D eigenvalue weighted by molar-refractivity contribution is 4.96. The fraction of sp³-hybridized carbons (Fsp3) is 1.00. The molecule has 2 aliphatic rings. The van der Waals surface area contributed by atoms with Crippen molar-refractivity contribution in [3.05, 3.63) is 0 Å². The second kappa shape index (κ2) is 3.96. The first kappa shape index (κ1) is 11.2. The summed E-state index contributed by atoms with van der Waals surface area (Å²) in [6.07, 6.45) is 1.62. The van der Waals surface area contributed by atoms with Crippen molar-refractivity contribution in [2.24, 2.45) is 5.92 Å². The molecule has 1 saturated heterocycles. The van der Waals surface area contributed by atoms with E-state index in [1.807, 2.05) is 0 Å². The van der Waals surface area contributed by atoms with Gasteiger partial charge in [0.2, 0.25) is 0 Å². The van der Waals surface area contributed by atoms with E-state index in [-0.39, 0.29) is 12.0 Å². The molecule has 0 spiro atoms. The summed E-state index contributed by atoms with van der Waals surface area (Å²) in [5.74, 6) is 0.282. The van der Waals surface area contributed by atoms with Crippen molar-refractivity contribution < 1.29 is 13.2 Å². The van der Waals surface area contributed by atoms with Gasteiger partial charge in [-0.05, 0) is 32.2 Å². The van der Waals surface area contributed by atoms with Gasteiger partial charge < -0.3 is 0 Å². The molecule has 1 saturated carbocycles. The maximum atomic E-state index is 12.7. The van der Waals surface area contributed by atoms with Crippen molar-refractivity contribution in [3.8, 4) is 0 Å². The topological polar surface area (TPSA) is 3.24 Å². The van der Waals surface area contributed by atoms with Gasteiger partial charge in [-0.3, -0.25) is 4.90 Å². The third-order valence-electron chi connectivity index (χ3n) is 4.04. The molecule has 2 rings (SSSR count). The normalized spacial score (nSPS) is 38.8. The van der Waals surface area contributed by atoms with Crippen LogP contribution in [0.3, 0.4) is 0 Å². The van der Waals surface area contributed by atoms with Crippen LogP contribution in [0.4, 0.5) is 13.2 Å². The highest BCUT2D eigenvalue weighted by Crippen LogP contribution is 2.43. The van der Waals surface area contributed by atoms with Crippen molar-refractivity contribution in [3.63, 3.8) is 0 Å². The monoisotopic (exact) mass is 221 g/mol. The van der Waals surface area contributed by atoms with Gasteiger partial charge >= 0.3 is 6.18 Å². The van der Waals surface area contributed by atoms with Crippen LogP contribution in [-0.2, 0) is 0 Å². The third-order valence-corrected chi connectivity index (χ3v) is 4.04. The van der Waals surface area contributed by atoms with Crippen LogP contribution in [0.5, 0.6) is 0 Å². The zero-order valence-corrected chi connectivity index (χ0v) is 9.06. The Morgan fingerprint density at radius 3 is 2.40 bits per heavy atom. The van der Waals surface area contributed by atoms with Crippen LogP contribution in [0.1, 0.15) is 38.5 Å². The molecule has 3 unspecified atom stereocenters. The fourth-order valence-corrected chi connectivity index (χ4v) is 3.22. The molecule has 2 fully saturated rings. The molecule has 0 amide bonds. The molecule has 1 aliphatic heterocycles. The van der Waals surface area contributed by atoms with Crippen molar-refractivity contribution in [2.75, 3.05) is 7.05 Å². The molecule has 4 heteroatoms. The third kappa shape index (κ3) is 2.14. The van der Waals surface area contributed by atoms with Crippen LogP contribution < -0.4 is 0 Å². The quantitative estimate of drug-likeness (QED) is 0.607. The standard InChI is InChI=1S/C11H18F3N/c1-15-9-6-4-2-3-5-8(9)7-10(15)11(12,13)14/h8-10H,2-7H2,1H3. The molecule has 15 heavy (non-hydrogen) atoms. The Labute approximate surface area is 88.6 Å². The average molecular weight is 221 g/mol. The van der Waals surface area contributed by atoms with Gasteiger partial charge in [0.25, 0.3) is 0 Å². The summed E-state index contributed by atoms with van der Waals surface area (Å²) in [5.41, 5.74) is 0. The number of alkyl halides is 3. The minimum atomic E-state index is -4.04. The second-order valence-electron chi connectivity index (χ2n) is 4.92. The highest BCUT2D eigenvalue weighted by atomic mass is 19.4. The summed E-state index contributed by atoms with van der Waals surface area (Å²) < 4.78 is 38.1. The molecule has 1 nitrogen and oxygen atoms in total. The van der Waals surface area contributed by atoms with E-state index in [0.29, 0.717) is 6.42 Å². The molecule has 0 aromatic rings. The predicted molar refractivity (Wildman–Crippen MR) is 52.6 cm³/mol. The van der Waals surface area contributed by atoms with Gasteiger partial charge in [0.1, 0.15) is 6.04 Å². The summed E-state index contributed by atoms with van der Waals surface area (Å²) in [4.78, 5) is 1.58. The van der Waals surface area contributed by atoms with Gasteiger partial charge in [0, 0.05) is 6.04 Å². The number of rotatable bonds is 0. The number of hydrogen-bond donors (Lipinski definition) is 0. The van der Waals surface area contributed by atoms with Crippen molar-refractivity contribution in [1.82, 2.24) is 4.90 Å². The van der Waals surface area contributed by atoms with Gasteiger partial charge in [-0.1, -0.05) is 19.3 Å². The first-order valence-electron chi connectivity index (χ1n) is 5.79. The van der Waals surface area contributed by atoms with E-state index in [0.717, 1.165) is 25.7 Å². The van der Waals surface area contributed by atoms with Crippen LogP contribution in [0.2, 0.25) is 0 Å². The lowest BCUT2D eigenvalue weighted by molar-refractivity contribution is -0.175. The lowest BCUT2D eigenvalue weighted by Crippen LogP contribution is -2.42. The number of nitrogens with zero attached hydrogens (tertiary/aromatic N) is 1. The summed E-state index contributed by atoms with van der Waals surface area (Å²) >= 11 is 0. The number of hydrogen-bond acceptors (Lipinski definition) is 1. The van der Waals surface area contributed by atoms with Crippen LogP contribution in [0.15, 0.2) is 0 Å². The van der Waals surface area contributed by atoms with Gasteiger partial charge in [-0.15, -0.1) is 0 Å². The predicted octanol–water partition coefficient (Wildman–Crippen LogP) is 3.20. The van der Waals surface area contributed by atoms with Crippen LogP contribution in [0.25, 0.3) is 0 Å². The molecular formula is C11H18F3N. The average Bonchev–Trinajstić information content (AvgIpc) is 2.36. The van der Waals surface area contributed by atoms with Gasteiger partial charge in [-0.2, -0.15) is 13.2 Å². The van der Waals surface area contributed by atoms with E-state index in [1.165, 1.54) is 6.42 Å². The van der Waals surface area contributed by atoms with E-state index in [9.17, 15) is 13.2 Å². The summed E-state index contributed by atoms with van der Waals surface area (Å²) in [7, 11) is 1.65. The zero-order chi connectivity index (χ0) is 11.1. The molecule has 1 heterocycles. The molecule has 0 radical (unpaired) electrons. The van der Waals surface area contributed by atoms with E-state index < -0.39 is 12.2 Å². The first-order chi connectivity index (χ1) is 7.00. The van der Waals surface area contributed by atoms with Crippen molar-refractivity contribution in [2.45, 2.75) is 56.8 Å². The van der Waals surface area contributed by atoms with E-state index in [2.05, 4.69) is 0 Å². The zero-order valence-electron chi connectivity index (χ0n) is 9.06. The molecule has 0 bridgehead atoms. The molecule has 1 aliphatic carbocycles. The van der Waals surface area contributed by atoms with E-state index >= 15 is 0 Å². The van der Waals surface area contributed by atoms with Gasteiger partial charge in [0.15, 0.2) is 0 Å². The summed E-state index contributed by atoms with van der Waals surface area (Å²) in [6, 6.07) is -1.01. The maximum Gasteiger partial charge on any atom is 0.404 e. The smallest absolute Gasteiger partial charge is 0.292 e. The SMILES string of the molecule is CN1C2CCCCCC2CC1C(F)(F)F. The molecular weight excluding hydrogens is 203 g/mol. The summed E-state index contributed by atoms with van der Waals surface area (Å²) in [5, 5.41) is 0. The lowest BCUT2D eigenvalue weighted by atomic mass is 9.94. The number of halogens is 3. The van der Waals surface area contributed by atoms with Gasteiger partial charge in [-0.25, -0.2) is 0 Å². The minimum Gasteiger partial charge on any atom is -0.292 e. The summed E-state index contributed by atoms with van der Waals surface area (Å²) in [6.45, 7) is 0. The Kier molecular flexibility index (Phi) is 2.97. The molecule has 0 aromatic heterocycles. The largest absolute Gasteiger partial charge is 0.404 e. The van der Waals surface area contributed by atoms with Crippen LogP contribution in [0, 0.1) is 5.92 Å². The van der Waals surface area contributed by atoms with Crippen molar-refractivity contribution >= 4 is 0 Å². The molecule has 0 aromatic carbocycles. The maximum absolute atomic E-state index is 12.7. The van der Waals surface area contributed by atoms with Gasteiger partial charge in [0.05, 0.1) is 0 Å². The van der Waals surface area contributed by atoms with Crippen molar-refractivity contribution in [1.29, 1.82) is 0 Å². The lowest BCUT2D eigenvalue weighted by Gasteiger charge is -2.27. The number of likely N-dealkylation sites (tertiary alicyclic amines) is 1. The van der Waals surface area contributed by atoms with Crippen LogP contribution in [-0.4, -0.2) is 30.2 Å². The van der Waals surface area contributed by atoms with E-state index in [1.54, 1.807) is 11.9 Å². The van der Waals surface area contributed by atoms with Crippen LogP contribution >= 0.6 is 0 Å². The Morgan fingerprint density at radius 1 is 1.07 bits per heavy atom. The Bertz CT molecular complexity index is 226.